The van der Waals surface area contributed by atoms with Gasteiger partial charge in [0.2, 0.25) is 0 Å². The predicted molar refractivity (Wildman–Crippen MR) is 79.3 cm³/mol. The van der Waals surface area contributed by atoms with Gasteiger partial charge in [0, 0.05) is 23.3 Å². The van der Waals surface area contributed by atoms with E-state index in [-0.39, 0.29) is 0 Å². The van der Waals surface area contributed by atoms with Crippen molar-refractivity contribution < 1.29 is 0 Å². The van der Waals surface area contributed by atoms with Gasteiger partial charge in [-0.1, -0.05) is 37.6 Å². The zero-order valence-corrected chi connectivity index (χ0v) is 12.2. The van der Waals surface area contributed by atoms with Crippen LogP contribution in [0, 0.1) is 5.92 Å². The summed E-state index contributed by atoms with van der Waals surface area (Å²) in [7, 11) is 0. The second-order valence-electron chi connectivity index (χ2n) is 5.20. The quantitative estimate of drug-likeness (QED) is 0.878. The Kier molecular flexibility index (Phi) is 5.00. The van der Waals surface area contributed by atoms with Crippen LogP contribution in [0.3, 0.4) is 0 Å². The van der Waals surface area contributed by atoms with Gasteiger partial charge in [0.05, 0.1) is 12.7 Å². The molecule has 0 amide bonds. The number of nitrogens with one attached hydrogen (secondary N) is 1. The fourth-order valence-electron chi connectivity index (χ4n) is 1.87. The first kappa shape index (κ1) is 14.1. The fraction of sp³-hybridized carbons (Fsp3) is 0.400. The van der Waals surface area contributed by atoms with E-state index < -0.39 is 0 Å². The minimum Gasteiger partial charge on any atom is -0.312 e. The van der Waals surface area contributed by atoms with Crippen LogP contribution >= 0.6 is 11.6 Å². The average Bonchev–Trinajstić information content (AvgIpc) is 2.79. The SMILES string of the molecule is CC(C)CNCc1cnn(Cc2ccc(Cl)cc2)c1. The minimum absolute atomic E-state index is 0.670. The summed E-state index contributed by atoms with van der Waals surface area (Å²) in [6.07, 6.45) is 4.01. The first-order chi connectivity index (χ1) is 9.13. The minimum atomic E-state index is 0.670. The summed E-state index contributed by atoms with van der Waals surface area (Å²) >= 11 is 5.87. The Morgan fingerprint density at radius 1 is 1.21 bits per heavy atom. The Bertz CT molecular complexity index is 502. The lowest BCUT2D eigenvalue weighted by molar-refractivity contribution is 0.552. The standard InChI is InChI=1S/C15H20ClN3/c1-12(2)7-17-8-14-9-18-19(11-14)10-13-3-5-15(16)6-4-13/h3-6,9,11-12,17H,7-8,10H2,1-2H3. The molecule has 0 saturated heterocycles. The summed E-state index contributed by atoms with van der Waals surface area (Å²) in [6.45, 7) is 7.09. The normalized spacial score (nSPS) is 11.2. The van der Waals surface area contributed by atoms with Crippen molar-refractivity contribution in [1.29, 1.82) is 0 Å². The van der Waals surface area contributed by atoms with Crippen molar-refractivity contribution in [2.45, 2.75) is 26.9 Å². The van der Waals surface area contributed by atoms with Crippen LogP contribution in [0.1, 0.15) is 25.0 Å². The summed E-state index contributed by atoms with van der Waals surface area (Å²) in [6, 6.07) is 7.87. The molecule has 3 nitrogen and oxygen atoms in total. The molecule has 0 atom stereocenters. The lowest BCUT2D eigenvalue weighted by Crippen LogP contribution is -2.18. The molecular formula is C15H20ClN3. The molecule has 0 unspecified atom stereocenters. The van der Waals surface area contributed by atoms with Crippen LogP contribution < -0.4 is 5.32 Å². The molecule has 0 bridgehead atoms. The number of hydrogen-bond acceptors (Lipinski definition) is 2. The van der Waals surface area contributed by atoms with E-state index in [9.17, 15) is 0 Å². The number of nitrogens with zero attached hydrogens (tertiary/aromatic N) is 2. The topological polar surface area (TPSA) is 29.9 Å². The Morgan fingerprint density at radius 2 is 1.95 bits per heavy atom. The molecule has 102 valence electrons. The highest BCUT2D eigenvalue weighted by atomic mass is 35.5. The van der Waals surface area contributed by atoms with E-state index in [1.807, 2.05) is 35.1 Å². The Balaban J connectivity index is 1.88. The van der Waals surface area contributed by atoms with Gasteiger partial charge in [-0.2, -0.15) is 5.10 Å². The molecular weight excluding hydrogens is 258 g/mol. The highest BCUT2D eigenvalue weighted by Crippen LogP contribution is 2.10. The molecule has 4 heteroatoms. The highest BCUT2D eigenvalue weighted by Gasteiger charge is 2.00. The number of aromatic nitrogens is 2. The van der Waals surface area contributed by atoms with Crippen molar-refractivity contribution in [3.8, 4) is 0 Å². The highest BCUT2D eigenvalue weighted by molar-refractivity contribution is 6.30. The van der Waals surface area contributed by atoms with Gasteiger partial charge in [-0.25, -0.2) is 0 Å². The van der Waals surface area contributed by atoms with Crippen LogP contribution in [0.15, 0.2) is 36.7 Å². The summed E-state index contributed by atoms with van der Waals surface area (Å²) in [4.78, 5) is 0. The third kappa shape index (κ3) is 4.69. The molecule has 1 heterocycles. The number of hydrogen-bond donors (Lipinski definition) is 1. The molecule has 1 aromatic carbocycles. The van der Waals surface area contributed by atoms with Crippen LogP contribution in [0.4, 0.5) is 0 Å². The molecule has 0 aliphatic rings. The van der Waals surface area contributed by atoms with Gasteiger partial charge < -0.3 is 5.32 Å². The molecule has 2 rings (SSSR count). The Labute approximate surface area is 119 Å². The zero-order valence-electron chi connectivity index (χ0n) is 11.4. The van der Waals surface area contributed by atoms with E-state index in [0.717, 1.165) is 24.7 Å². The van der Waals surface area contributed by atoms with Gasteiger partial charge in [-0.05, 0) is 30.2 Å². The third-order valence-corrected chi connectivity index (χ3v) is 3.08. The molecule has 19 heavy (non-hydrogen) atoms. The predicted octanol–water partition coefficient (Wildman–Crippen LogP) is 3.33. The van der Waals surface area contributed by atoms with E-state index in [1.165, 1.54) is 11.1 Å². The number of benzene rings is 1. The Hall–Kier alpha value is -1.32. The second kappa shape index (κ2) is 6.73. The summed E-state index contributed by atoms with van der Waals surface area (Å²) in [5, 5.41) is 8.56. The van der Waals surface area contributed by atoms with Crippen molar-refractivity contribution >= 4 is 11.6 Å². The molecule has 0 aliphatic carbocycles. The lowest BCUT2D eigenvalue weighted by Gasteiger charge is -2.05. The number of rotatable bonds is 6. The first-order valence-corrected chi connectivity index (χ1v) is 6.98. The van der Waals surface area contributed by atoms with E-state index >= 15 is 0 Å². The van der Waals surface area contributed by atoms with E-state index in [2.05, 4.69) is 30.5 Å². The lowest BCUT2D eigenvalue weighted by atomic mass is 10.2. The van der Waals surface area contributed by atoms with Gasteiger partial charge in [-0.3, -0.25) is 4.68 Å². The van der Waals surface area contributed by atoms with Crippen molar-refractivity contribution in [2.75, 3.05) is 6.54 Å². The van der Waals surface area contributed by atoms with E-state index in [4.69, 9.17) is 11.6 Å². The molecule has 0 saturated carbocycles. The monoisotopic (exact) mass is 277 g/mol. The number of halogens is 1. The third-order valence-electron chi connectivity index (χ3n) is 2.83. The van der Waals surface area contributed by atoms with Crippen molar-refractivity contribution in [3.05, 3.63) is 52.8 Å². The van der Waals surface area contributed by atoms with Crippen LogP contribution in [0.25, 0.3) is 0 Å². The maximum atomic E-state index is 5.87. The summed E-state index contributed by atoms with van der Waals surface area (Å²) in [5.74, 6) is 0.670. The zero-order chi connectivity index (χ0) is 13.7. The first-order valence-electron chi connectivity index (χ1n) is 6.60. The molecule has 0 aliphatic heterocycles. The van der Waals surface area contributed by atoms with Crippen LogP contribution in [-0.4, -0.2) is 16.3 Å². The fourth-order valence-corrected chi connectivity index (χ4v) is 1.99. The Morgan fingerprint density at radius 3 is 2.63 bits per heavy atom. The smallest absolute Gasteiger partial charge is 0.0659 e. The van der Waals surface area contributed by atoms with Crippen LogP contribution in [-0.2, 0) is 13.1 Å². The van der Waals surface area contributed by atoms with Crippen molar-refractivity contribution in [3.63, 3.8) is 0 Å². The van der Waals surface area contributed by atoms with Crippen molar-refractivity contribution in [1.82, 2.24) is 15.1 Å². The maximum absolute atomic E-state index is 5.87. The molecule has 0 radical (unpaired) electrons. The molecule has 0 spiro atoms. The maximum Gasteiger partial charge on any atom is 0.0659 e. The van der Waals surface area contributed by atoms with Gasteiger partial charge >= 0.3 is 0 Å². The van der Waals surface area contributed by atoms with Gasteiger partial charge in [0.1, 0.15) is 0 Å². The summed E-state index contributed by atoms with van der Waals surface area (Å²) < 4.78 is 1.95. The molecule has 2 aromatic rings. The van der Waals surface area contributed by atoms with Crippen molar-refractivity contribution in [2.24, 2.45) is 5.92 Å². The van der Waals surface area contributed by atoms with E-state index in [0.29, 0.717) is 5.92 Å². The summed E-state index contributed by atoms with van der Waals surface area (Å²) in [5.41, 5.74) is 2.42. The van der Waals surface area contributed by atoms with Crippen LogP contribution in [0.2, 0.25) is 5.02 Å². The van der Waals surface area contributed by atoms with Gasteiger partial charge in [-0.15, -0.1) is 0 Å². The van der Waals surface area contributed by atoms with Gasteiger partial charge in [0.15, 0.2) is 0 Å². The largest absolute Gasteiger partial charge is 0.312 e. The molecule has 0 fully saturated rings. The molecule has 1 aromatic heterocycles. The van der Waals surface area contributed by atoms with E-state index in [1.54, 1.807) is 0 Å². The van der Waals surface area contributed by atoms with Gasteiger partial charge in [0.25, 0.3) is 0 Å². The van der Waals surface area contributed by atoms with Crippen LogP contribution in [0.5, 0.6) is 0 Å². The molecule has 1 N–H and O–H groups in total. The second-order valence-corrected chi connectivity index (χ2v) is 5.63. The average molecular weight is 278 g/mol.